The van der Waals surface area contributed by atoms with Crippen molar-refractivity contribution in [3.05, 3.63) is 48.3 Å². The van der Waals surface area contributed by atoms with Crippen LogP contribution in [0.2, 0.25) is 0 Å². The molecule has 1 radical (unpaired) electrons. The van der Waals surface area contributed by atoms with E-state index in [1.54, 1.807) is 0 Å². The summed E-state index contributed by atoms with van der Waals surface area (Å²) in [6.45, 7) is 4.04. The third-order valence-corrected chi connectivity index (χ3v) is 2.91. The van der Waals surface area contributed by atoms with Crippen molar-refractivity contribution in [2.45, 2.75) is 13.8 Å². The fourth-order valence-corrected chi connectivity index (χ4v) is 2.13. The van der Waals surface area contributed by atoms with Gasteiger partial charge in [-0.1, -0.05) is 30.3 Å². The number of aromatic nitrogens is 2. The number of benzene rings is 1. The van der Waals surface area contributed by atoms with Crippen molar-refractivity contribution in [3.63, 3.8) is 0 Å². The maximum atomic E-state index is 4.50. The Hall–Kier alpha value is -2.20. The molecule has 0 saturated heterocycles. The van der Waals surface area contributed by atoms with E-state index in [0.717, 1.165) is 28.4 Å². The molecule has 1 aliphatic rings. The molecule has 0 bridgehead atoms. The fourth-order valence-electron chi connectivity index (χ4n) is 2.13. The number of hydrogen-bond acceptors (Lipinski definition) is 3. The van der Waals surface area contributed by atoms with Gasteiger partial charge in [0.2, 0.25) is 0 Å². The minimum absolute atomic E-state index is 0.918. The summed E-state index contributed by atoms with van der Waals surface area (Å²) in [5, 5.41) is 13.7. The molecule has 4 heteroatoms. The number of H-pyrrole nitrogens is 1. The third kappa shape index (κ3) is 1.76. The number of allylic oxidation sites excluding steroid dienone is 2. The Kier molecular flexibility index (Phi) is 2.57. The SMILES string of the molecule is CC1=CC(C)=N[N+]1c1c[nH]nc1-c1ccccc1. The van der Waals surface area contributed by atoms with E-state index >= 15 is 0 Å². The van der Waals surface area contributed by atoms with Crippen LogP contribution in [0.25, 0.3) is 11.3 Å². The van der Waals surface area contributed by atoms with Crippen LogP contribution in [0.15, 0.2) is 53.4 Å². The first-order valence-electron chi connectivity index (χ1n) is 5.88. The molecule has 89 valence electrons. The number of nitrogens with one attached hydrogen (secondary N) is 1. The summed E-state index contributed by atoms with van der Waals surface area (Å²) in [4.78, 5) is 0. The van der Waals surface area contributed by atoms with E-state index in [4.69, 9.17) is 0 Å². The minimum atomic E-state index is 0.918. The van der Waals surface area contributed by atoms with Gasteiger partial charge in [-0.15, -0.1) is 0 Å². The topological polar surface area (TPSA) is 46.9 Å². The first-order chi connectivity index (χ1) is 8.75. The Morgan fingerprint density at radius 2 is 1.89 bits per heavy atom. The van der Waals surface area contributed by atoms with Gasteiger partial charge in [0.05, 0.1) is 6.20 Å². The predicted octanol–water partition coefficient (Wildman–Crippen LogP) is 3.14. The van der Waals surface area contributed by atoms with Crippen molar-refractivity contribution >= 4 is 11.4 Å². The van der Waals surface area contributed by atoms with E-state index in [1.165, 1.54) is 0 Å². The summed E-state index contributed by atoms with van der Waals surface area (Å²) in [5.74, 6) is 0. The molecular weight excluding hydrogens is 224 g/mol. The standard InChI is InChI=1S/C14H14N4/c1-10-8-11(2)18(17-10)13-9-15-16-14(13)12-6-4-3-5-7-12/h3-9H,1-2H3,(H,15,16)/q+1. The molecule has 1 aromatic heterocycles. The van der Waals surface area contributed by atoms with Gasteiger partial charge in [0, 0.05) is 23.6 Å². The van der Waals surface area contributed by atoms with Gasteiger partial charge in [-0.25, -0.2) is 0 Å². The van der Waals surface area contributed by atoms with E-state index in [9.17, 15) is 0 Å². The number of hydrazone groups is 1. The molecule has 4 nitrogen and oxygen atoms in total. The minimum Gasteiger partial charge on any atom is -0.279 e. The van der Waals surface area contributed by atoms with Crippen LogP contribution in [0.3, 0.4) is 0 Å². The quantitative estimate of drug-likeness (QED) is 0.803. The first-order valence-corrected chi connectivity index (χ1v) is 5.88. The van der Waals surface area contributed by atoms with Crippen molar-refractivity contribution in [1.82, 2.24) is 15.2 Å². The largest absolute Gasteiger partial charge is 0.279 e. The molecule has 1 aliphatic heterocycles. The van der Waals surface area contributed by atoms with Gasteiger partial charge in [-0.05, 0) is 12.0 Å². The number of nitrogens with zero attached hydrogens (tertiary/aromatic N) is 3. The second-order valence-corrected chi connectivity index (χ2v) is 4.32. The van der Waals surface area contributed by atoms with Gasteiger partial charge in [0.25, 0.3) is 5.69 Å². The normalized spacial score (nSPS) is 15.7. The van der Waals surface area contributed by atoms with Crippen LogP contribution in [0.4, 0.5) is 5.69 Å². The van der Waals surface area contributed by atoms with Crippen molar-refractivity contribution in [2.24, 2.45) is 5.10 Å². The van der Waals surface area contributed by atoms with E-state index in [0.29, 0.717) is 0 Å². The number of rotatable bonds is 2. The molecule has 0 amide bonds. The van der Waals surface area contributed by atoms with Crippen molar-refractivity contribution in [1.29, 1.82) is 0 Å². The number of anilines is 1. The lowest BCUT2D eigenvalue weighted by Crippen LogP contribution is -2.11. The molecule has 1 N–H and O–H groups in total. The highest BCUT2D eigenvalue weighted by Gasteiger charge is 2.32. The van der Waals surface area contributed by atoms with Crippen molar-refractivity contribution in [2.75, 3.05) is 0 Å². The Bertz CT molecular complexity index is 622. The maximum absolute atomic E-state index is 4.50. The zero-order chi connectivity index (χ0) is 12.5. The summed E-state index contributed by atoms with van der Waals surface area (Å²) < 4.78 is 0. The predicted molar refractivity (Wildman–Crippen MR) is 72.7 cm³/mol. The first kappa shape index (κ1) is 10.9. The Morgan fingerprint density at radius 1 is 1.11 bits per heavy atom. The average molecular weight is 238 g/mol. The lowest BCUT2D eigenvalue weighted by atomic mass is 10.1. The monoisotopic (exact) mass is 238 g/mol. The lowest BCUT2D eigenvalue weighted by Gasteiger charge is -2.00. The van der Waals surface area contributed by atoms with Gasteiger partial charge in [-0.2, -0.15) is 5.10 Å². The summed E-state index contributed by atoms with van der Waals surface area (Å²) in [7, 11) is 0. The van der Waals surface area contributed by atoms with E-state index < -0.39 is 0 Å². The summed E-state index contributed by atoms with van der Waals surface area (Å²) in [5.41, 5.74) is 5.09. The van der Waals surface area contributed by atoms with Crippen LogP contribution in [0.1, 0.15) is 13.8 Å². The van der Waals surface area contributed by atoms with Crippen LogP contribution in [0, 0.1) is 0 Å². The Labute approximate surface area is 106 Å². The second kappa shape index (κ2) is 4.23. The van der Waals surface area contributed by atoms with E-state index in [1.807, 2.05) is 55.4 Å². The van der Waals surface area contributed by atoms with Gasteiger partial charge >= 0.3 is 0 Å². The van der Waals surface area contributed by atoms with Gasteiger partial charge in [0.15, 0.2) is 11.4 Å². The van der Waals surface area contributed by atoms with Gasteiger partial charge in [-0.3, -0.25) is 5.10 Å². The Balaban J connectivity index is 2.06. The summed E-state index contributed by atoms with van der Waals surface area (Å²) in [6.07, 6.45) is 3.93. The van der Waals surface area contributed by atoms with Crippen molar-refractivity contribution in [3.8, 4) is 11.3 Å². The molecule has 0 spiro atoms. The maximum Gasteiger partial charge on any atom is 0.263 e. The van der Waals surface area contributed by atoms with Crippen LogP contribution in [-0.2, 0) is 0 Å². The second-order valence-electron chi connectivity index (χ2n) is 4.32. The van der Waals surface area contributed by atoms with Crippen LogP contribution in [0.5, 0.6) is 0 Å². The van der Waals surface area contributed by atoms with E-state index in [-0.39, 0.29) is 0 Å². The molecule has 2 heterocycles. The van der Waals surface area contributed by atoms with Crippen molar-refractivity contribution < 1.29 is 0 Å². The number of aromatic amines is 1. The summed E-state index contributed by atoms with van der Waals surface area (Å²) in [6, 6.07) is 10.1. The highest BCUT2D eigenvalue weighted by Crippen LogP contribution is 2.31. The molecule has 0 unspecified atom stereocenters. The zero-order valence-corrected chi connectivity index (χ0v) is 10.4. The van der Waals surface area contributed by atoms with Crippen LogP contribution in [-0.4, -0.2) is 15.9 Å². The lowest BCUT2D eigenvalue weighted by molar-refractivity contribution is 0.697. The van der Waals surface area contributed by atoms with Crippen LogP contribution < -0.4 is 5.01 Å². The molecule has 0 atom stereocenters. The molecule has 1 aromatic carbocycles. The molecule has 0 aliphatic carbocycles. The number of hydrogen-bond donors (Lipinski definition) is 1. The molecule has 2 aromatic rings. The average Bonchev–Trinajstić information content (AvgIpc) is 2.96. The third-order valence-electron chi connectivity index (χ3n) is 2.91. The van der Waals surface area contributed by atoms with Gasteiger partial charge in [0.1, 0.15) is 5.71 Å². The molecule has 18 heavy (non-hydrogen) atoms. The smallest absolute Gasteiger partial charge is 0.263 e. The molecule has 3 rings (SSSR count). The molecular formula is C14H14N4+. The summed E-state index contributed by atoms with van der Waals surface area (Å²) >= 11 is 0. The Morgan fingerprint density at radius 3 is 2.56 bits per heavy atom. The molecule has 0 saturated carbocycles. The van der Waals surface area contributed by atoms with E-state index in [2.05, 4.69) is 21.4 Å². The fraction of sp³-hybridized carbons (Fsp3) is 0.143. The highest BCUT2D eigenvalue weighted by atomic mass is 15.5. The van der Waals surface area contributed by atoms with Gasteiger partial charge < -0.3 is 0 Å². The molecule has 0 fully saturated rings. The highest BCUT2D eigenvalue weighted by molar-refractivity contribution is 5.96. The van der Waals surface area contributed by atoms with Crippen LogP contribution >= 0.6 is 0 Å². The zero-order valence-electron chi connectivity index (χ0n) is 10.4.